The van der Waals surface area contributed by atoms with Gasteiger partial charge in [-0.3, -0.25) is 4.98 Å². The van der Waals surface area contributed by atoms with Crippen LogP contribution in [0.15, 0.2) is 42.7 Å². The van der Waals surface area contributed by atoms with Crippen molar-refractivity contribution in [1.29, 1.82) is 0 Å². The minimum Gasteiger partial charge on any atom is -0.497 e. The van der Waals surface area contributed by atoms with Gasteiger partial charge in [0.25, 0.3) is 0 Å². The van der Waals surface area contributed by atoms with Gasteiger partial charge in [0.2, 0.25) is 0 Å². The highest BCUT2D eigenvalue weighted by Crippen LogP contribution is 2.23. The third-order valence-corrected chi connectivity index (χ3v) is 3.65. The van der Waals surface area contributed by atoms with Crippen molar-refractivity contribution >= 4 is 0 Å². The smallest absolute Gasteiger partial charge is 0.119 e. The molecule has 1 heterocycles. The molecule has 0 aliphatic heterocycles. The number of rotatable bonds is 7. The monoisotopic (exact) mass is 284 g/mol. The second-order valence-corrected chi connectivity index (χ2v) is 5.29. The number of aromatic nitrogens is 1. The average molecular weight is 284 g/mol. The minimum atomic E-state index is 0.306. The van der Waals surface area contributed by atoms with E-state index in [2.05, 4.69) is 42.3 Å². The number of methoxy groups -OCH3 is 1. The van der Waals surface area contributed by atoms with E-state index in [1.807, 2.05) is 24.5 Å². The summed E-state index contributed by atoms with van der Waals surface area (Å²) in [6.07, 6.45) is 5.87. The summed E-state index contributed by atoms with van der Waals surface area (Å²) in [4.78, 5) is 4.19. The van der Waals surface area contributed by atoms with Crippen LogP contribution in [0, 0.1) is 6.92 Å². The Labute approximate surface area is 127 Å². The number of nitrogens with zero attached hydrogens (tertiary/aromatic N) is 1. The van der Waals surface area contributed by atoms with Gasteiger partial charge in [-0.25, -0.2) is 0 Å². The highest BCUT2D eigenvalue weighted by molar-refractivity contribution is 5.32. The van der Waals surface area contributed by atoms with Gasteiger partial charge in [-0.1, -0.05) is 19.1 Å². The van der Waals surface area contributed by atoms with Gasteiger partial charge in [-0.15, -0.1) is 0 Å². The van der Waals surface area contributed by atoms with Gasteiger partial charge >= 0.3 is 0 Å². The molecule has 1 N–H and O–H groups in total. The van der Waals surface area contributed by atoms with E-state index in [1.54, 1.807) is 7.11 Å². The summed E-state index contributed by atoms with van der Waals surface area (Å²) in [6, 6.07) is 10.7. The highest BCUT2D eigenvalue weighted by atomic mass is 16.5. The Kier molecular flexibility index (Phi) is 5.76. The van der Waals surface area contributed by atoms with E-state index in [-0.39, 0.29) is 0 Å². The fourth-order valence-corrected chi connectivity index (χ4v) is 2.52. The molecule has 0 bridgehead atoms. The molecular formula is C18H24N2O. The van der Waals surface area contributed by atoms with Crippen LogP contribution in [0.2, 0.25) is 0 Å². The molecule has 0 amide bonds. The van der Waals surface area contributed by atoms with Gasteiger partial charge in [0.15, 0.2) is 0 Å². The Morgan fingerprint density at radius 2 is 2.14 bits per heavy atom. The summed E-state index contributed by atoms with van der Waals surface area (Å²) in [5.41, 5.74) is 3.83. The minimum absolute atomic E-state index is 0.306. The molecule has 0 aliphatic rings. The van der Waals surface area contributed by atoms with Crippen LogP contribution in [0.25, 0.3) is 0 Å². The lowest BCUT2D eigenvalue weighted by Crippen LogP contribution is -2.24. The Bertz CT molecular complexity index is 569. The fraction of sp³-hybridized carbons (Fsp3) is 0.389. The van der Waals surface area contributed by atoms with Crippen LogP contribution >= 0.6 is 0 Å². The number of ether oxygens (including phenoxy) is 1. The zero-order valence-corrected chi connectivity index (χ0v) is 13.1. The maximum atomic E-state index is 5.32. The second kappa shape index (κ2) is 7.79. The molecule has 2 rings (SSSR count). The Morgan fingerprint density at radius 3 is 2.86 bits per heavy atom. The molecule has 1 atom stereocenters. The van der Waals surface area contributed by atoms with Gasteiger partial charge in [0.05, 0.1) is 7.11 Å². The van der Waals surface area contributed by atoms with Crippen LogP contribution in [-0.2, 0) is 6.42 Å². The van der Waals surface area contributed by atoms with E-state index < -0.39 is 0 Å². The van der Waals surface area contributed by atoms with Crippen molar-refractivity contribution in [3.63, 3.8) is 0 Å². The highest BCUT2D eigenvalue weighted by Gasteiger charge is 2.14. The van der Waals surface area contributed by atoms with Crippen molar-refractivity contribution in [2.45, 2.75) is 32.7 Å². The summed E-state index contributed by atoms with van der Waals surface area (Å²) in [7, 11) is 1.71. The summed E-state index contributed by atoms with van der Waals surface area (Å²) in [6.45, 7) is 5.32. The van der Waals surface area contributed by atoms with Gasteiger partial charge < -0.3 is 10.1 Å². The lowest BCUT2D eigenvalue weighted by atomic mass is 9.96. The Hall–Kier alpha value is -1.87. The maximum absolute atomic E-state index is 5.32. The molecule has 3 heteroatoms. The average Bonchev–Trinajstić information content (AvgIpc) is 2.52. The van der Waals surface area contributed by atoms with Crippen molar-refractivity contribution in [2.24, 2.45) is 0 Å². The van der Waals surface area contributed by atoms with Crippen LogP contribution in [0.1, 0.15) is 36.1 Å². The van der Waals surface area contributed by atoms with Gasteiger partial charge in [-0.2, -0.15) is 0 Å². The summed E-state index contributed by atoms with van der Waals surface area (Å²) in [5, 5.41) is 3.64. The van der Waals surface area contributed by atoms with E-state index in [9.17, 15) is 0 Å². The number of hydrogen-bond acceptors (Lipinski definition) is 3. The first-order valence-corrected chi connectivity index (χ1v) is 7.51. The first-order chi connectivity index (χ1) is 10.2. The summed E-state index contributed by atoms with van der Waals surface area (Å²) < 4.78 is 5.32. The molecule has 0 aliphatic carbocycles. The van der Waals surface area contributed by atoms with Gasteiger partial charge in [0.1, 0.15) is 5.75 Å². The van der Waals surface area contributed by atoms with Crippen LogP contribution in [-0.4, -0.2) is 18.6 Å². The van der Waals surface area contributed by atoms with Crippen LogP contribution in [0.5, 0.6) is 5.75 Å². The predicted octanol–water partition coefficient (Wildman–Crippen LogP) is 3.68. The van der Waals surface area contributed by atoms with Gasteiger partial charge in [-0.05, 0) is 61.2 Å². The van der Waals surface area contributed by atoms with E-state index in [0.29, 0.717) is 6.04 Å². The van der Waals surface area contributed by atoms with Crippen LogP contribution in [0.4, 0.5) is 0 Å². The zero-order valence-electron chi connectivity index (χ0n) is 13.1. The van der Waals surface area contributed by atoms with Crippen molar-refractivity contribution in [2.75, 3.05) is 13.7 Å². The Morgan fingerprint density at radius 1 is 1.29 bits per heavy atom. The lowest BCUT2D eigenvalue weighted by Gasteiger charge is -2.21. The van der Waals surface area contributed by atoms with Gasteiger partial charge in [0, 0.05) is 18.4 Å². The number of benzene rings is 1. The summed E-state index contributed by atoms with van der Waals surface area (Å²) >= 11 is 0. The van der Waals surface area contributed by atoms with Crippen LogP contribution < -0.4 is 10.1 Å². The molecule has 0 radical (unpaired) electrons. The maximum Gasteiger partial charge on any atom is 0.119 e. The molecule has 0 saturated heterocycles. The summed E-state index contributed by atoms with van der Waals surface area (Å²) in [5.74, 6) is 0.910. The SMILES string of the molecule is CCCNC(Cc1cccc(OC)c1)c1ccncc1C. The van der Waals surface area contributed by atoms with E-state index in [0.717, 1.165) is 25.1 Å². The third-order valence-electron chi connectivity index (χ3n) is 3.65. The number of aryl methyl sites for hydroxylation is 1. The van der Waals surface area contributed by atoms with E-state index in [4.69, 9.17) is 4.74 Å². The lowest BCUT2D eigenvalue weighted by molar-refractivity contribution is 0.413. The zero-order chi connectivity index (χ0) is 15.1. The van der Waals surface area contributed by atoms with Crippen molar-refractivity contribution in [3.05, 3.63) is 59.4 Å². The quantitative estimate of drug-likeness (QED) is 0.842. The second-order valence-electron chi connectivity index (χ2n) is 5.29. The normalized spacial score (nSPS) is 12.1. The van der Waals surface area contributed by atoms with Crippen molar-refractivity contribution in [3.8, 4) is 5.75 Å². The van der Waals surface area contributed by atoms with E-state index >= 15 is 0 Å². The molecule has 0 fully saturated rings. The topological polar surface area (TPSA) is 34.1 Å². The molecule has 2 aromatic rings. The number of nitrogens with one attached hydrogen (secondary N) is 1. The first kappa shape index (κ1) is 15.5. The number of pyridine rings is 1. The van der Waals surface area contributed by atoms with Crippen molar-refractivity contribution in [1.82, 2.24) is 10.3 Å². The molecule has 112 valence electrons. The molecular weight excluding hydrogens is 260 g/mol. The van der Waals surface area contributed by atoms with E-state index in [1.165, 1.54) is 16.7 Å². The van der Waals surface area contributed by atoms with Crippen LogP contribution in [0.3, 0.4) is 0 Å². The molecule has 21 heavy (non-hydrogen) atoms. The van der Waals surface area contributed by atoms with Crippen molar-refractivity contribution < 1.29 is 4.74 Å². The number of hydrogen-bond donors (Lipinski definition) is 1. The predicted molar refractivity (Wildman–Crippen MR) is 86.7 cm³/mol. The molecule has 0 spiro atoms. The first-order valence-electron chi connectivity index (χ1n) is 7.51. The molecule has 0 saturated carbocycles. The standard InChI is InChI=1S/C18H24N2O/c1-4-9-20-18(17-8-10-19-13-14(17)2)12-15-6-5-7-16(11-15)21-3/h5-8,10-11,13,18,20H,4,9,12H2,1-3H3. The molecule has 3 nitrogen and oxygen atoms in total. The third kappa shape index (κ3) is 4.30. The molecule has 1 aromatic carbocycles. The largest absolute Gasteiger partial charge is 0.497 e. The molecule has 1 unspecified atom stereocenters. The Balaban J connectivity index is 2.21. The molecule has 1 aromatic heterocycles. The fourth-order valence-electron chi connectivity index (χ4n) is 2.52.